The Labute approximate surface area is 187 Å². The minimum absolute atomic E-state index is 0.0446. The minimum atomic E-state index is -2.00. The summed E-state index contributed by atoms with van der Waals surface area (Å²) in [5.41, 5.74) is -0.591. The van der Waals surface area contributed by atoms with Crippen LogP contribution in [0.2, 0.25) is 18.1 Å². The van der Waals surface area contributed by atoms with Gasteiger partial charge in [-0.2, -0.15) is 5.06 Å². The van der Waals surface area contributed by atoms with Crippen molar-refractivity contribution in [2.24, 2.45) is 5.92 Å². The third kappa shape index (κ3) is 6.70. The molecule has 2 heterocycles. The molecule has 0 unspecified atom stereocenters. The number of rotatable bonds is 5. The molecule has 0 saturated carbocycles. The molecule has 2 rings (SSSR count). The van der Waals surface area contributed by atoms with Crippen molar-refractivity contribution in [1.82, 2.24) is 9.96 Å². The fourth-order valence-corrected chi connectivity index (χ4v) is 4.91. The number of likely N-dealkylation sites (tertiary alicyclic amines) is 1. The number of carbonyl (C=O) groups excluding carboxylic acids is 2. The number of hydrogen-bond acceptors (Lipinski definition) is 6. The first kappa shape index (κ1) is 25.7. The highest BCUT2D eigenvalue weighted by molar-refractivity contribution is 6.74. The molecule has 0 spiro atoms. The molecule has 0 aromatic heterocycles. The van der Waals surface area contributed by atoms with Gasteiger partial charge in [0.2, 0.25) is 0 Å². The Morgan fingerprint density at radius 1 is 1.13 bits per heavy atom. The molecule has 2 aliphatic rings. The average Bonchev–Trinajstić information content (AvgIpc) is 3.23. The Morgan fingerprint density at radius 3 is 2.32 bits per heavy atom. The summed E-state index contributed by atoms with van der Waals surface area (Å²) in [4.78, 5) is 32.5. The summed E-state index contributed by atoms with van der Waals surface area (Å²) < 4.78 is 17.4. The van der Waals surface area contributed by atoms with Crippen molar-refractivity contribution in [3.8, 4) is 0 Å². The van der Waals surface area contributed by atoms with Crippen LogP contribution in [0.1, 0.15) is 48.0 Å². The van der Waals surface area contributed by atoms with Crippen LogP contribution < -0.4 is 0 Å². The summed E-state index contributed by atoms with van der Waals surface area (Å²) in [5.74, 6) is -0.0446. The molecule has 178 valence electrons. The maximum atomic E-state index is 13.0. The van der Waals surface area contributed by atoms with Gasteiger partial charge in [0.1, 0.15) is 12.2 Å². The standard InChI is InChI=1S/C22H40N2O6Si/c1-10-11-27-20(26)24-13-16(15-28-24)18-12-17(30-31(8,9)22(5,6)7)14-23(18)19(25)29-21(2,3)4/h10,16-18H,1,11-15H2,2-9H3/t16-,17+,18-/m0/s1. The van der Waals surface area contributed by atoms with Crippen LogP contribution in [0.5, 0.6) is 0 Å². The molecular weight excluding hydrogens is 416 g/mol. The lowest BCUT2D eigenvalue weighted by Crippen LogP contribution is -2.46. The van der Waals surface area contributed by atoms with E-state index in [0.29, 0.717) is 26.1 Å². The van der Waals surface area contributed by atoms with Crippen molar-refractivity contribution < 1.29 is 28.3 Å². The van der Waals surface area contributed by atoms with Crippen LogP contribution in [-0.2, 0) is 18.7 Å². The minimum Gasteiger partial charge on any atom is -0.444 e. The molecular formula is C22H40N2O6Si. The zero-order chi connectivity index (χ0) is 23.6. The van der Waals surface area contributed by atoms with E-state index < -0.39 is 20.0 Å². The van der Waals surface area contributed by atoms with E-state index in [0.717, 1.165) is 0 Å². The van der Waals surface area contributed by atoms with Crippen molar-refractivity contribution >= 4 is 20.5 Å². The topological polar surface area (TPSA) is 77.5 Å². The Kier molecular flexibility index (Phi) is 7.87. The van der Waals surface area contributed by atoms with Gasteiger partial charge in [-0.3, -0.25) is 4.84 Å². The van der Waals surface area contributed by atoms with Crippen LogP contribution in [0.25, 0.3) is 0 Å². The summed E-state index contributed by atoms with van der Waals surface area (Å²) in [6.07, 6.45) is 1.23. The van der Waals surface area contributed by atoms with Crippen LogP contribution in [0, 0.1) is 5.92 Å². The van der Waals surface area contributed by atoms with Crippen molar-refractivity contribution in [2.45, 2.75) is 83.8 Å². The number of hydroxylamine groups is 2. The van der Waals surface area contributed by atoms with E-state index in [9.17, 15) is 9.59 Å². The van der Waals surface area contributed by atoms with Gasteiger partial charge < -0.3 is 18.8 Å². The average molecular weight is 457 g/mol. The van der Waals surface area contributed by atoms with Crippen molar-refractivity contribution in [3.63, 3.8) is 0 Å². The molecule has 2 amide bonds. The molecule has 0 N–H and O–H groups in total. The quantitative estimate of drug-likeness (QED) is 0.445. The third-order valence-electron chi connectivity index (χ3n) is 6.12. The number of ether oxygens (including phenoxy) is 2. The highest BCUT2D eigenvalue weighted by atomic mass is 28.4. The Morgan fingerprint density at radius 2 is 1.77 bits per heavy atom. The summed E-state index contributed by atoms with van der Waals surface area (Å²) >= 11 is 0. The predicted octanol–water partition coefficient (Wildman–Crippen LogP) is 4.57. The summed E-state index contributed by atoms with van der Waals surface area (Å²) in [6.45, 7) is 21.4. The maximum Gasteiger partial charge on any atom is 0.434 e. The Balaban J connectivity index is 2.14. The van der Waals surface area contributed by atoms with Gasteiger partial charge in [-0.05, 0) is 45.3 Å². The van der Waals surface area contributed by atoms with E-state index in [4.69, 9.17) is 18.7 Å². The van der Waals surface area contributed by atoms with E-state index >= 15 is 0 Å². The maximum absolute atomic E-state index is 13.0. The number of carbonyl (C=O) groups is 2. The molecule has 3 atom stereocenters. The van der Waals surface area contributed by atoms with Gasteiger partial charge in [-0.15, -0.1) is 0 Å². The zero-order valence-corrected chi connectivity index (χ0v) is 21.4. The van der Waals surface area contributed by atoms with Crippen LogP contribution >= 0.6 is 0 Å². The number of nitrogens with zero attached hydrogens (tertiary/aromatic N) is 2. The fraction of sp³-hybridized carbons (Fsp3) is 0.818. The summed E-state index contributed by atoms with van der Waals surface area (Å²) in [6, 6.07) is -0.137. The second-order valence-corrected chi connectivity index (χ2v) is 15.7. The first-order valence-corrected chi connectivity index (χ1v) is 13.9. The van der Waals surface area contributed by atoms with E-state index in [1.807, 2.05) is 20.8 Å². The number of hydrogen-bond donors (Lipinski definition) is 0. The van der Waals surface area contributed by atoms with Gasteiger partial charge in [0, 0.05) is 18.5 Å². The number of amides is 2. The lowest BCUT2D eigenvalue weighted by molar-refractivity contribution is -0.0902. The molecule has 31 heavy (non-hydrogen) atoms. The predicted molar refractivity (Wildman–Crippen MR) is 121 cm³/mol. The van der Waals surface area contributed by atoms with Crippen LogP contribution in [0.15, 0.2) is 12.7 Å². The monoisotopic (exact) mass is 456 g/mol. The molecule has 0 aliphatic carbocycles. The molecule has 2 saturated heterocycles. The van der Waals surface area contributed by atoms with E-state index in [-0.39, 0.29) is 35.8 Å². The van der Waals surface area contributed by atoms with Gasteiger partial charge >= 0.3 is 12.2 Å². The molecule has 0 bridgehead atoms. The fourth-order valence-electron chi connectivity index (χ4n) is 3.55. The van der Waals surface area contributed by atoms with Gasteiger partial charge in [0.05, 0.1) is 19.3 Å². The second-order valence-electron chi connectivity index (χ2n) is 10.9. The Bertz CT molecular complexity index is 670. The molecule has 8 nitrogen and oxygen atoms in total. The third-order valence-corrected chi connectivity index (χ3v) is 10.7. The van der Waals surface area contributed by atoms with Crippen molar-refractivity contribution in [3.05, 3.63) is 12.7 Å². The largest absolute Gasteiger partial charge is 0.444 e. The summed E-state index contributed by atoms with van der Waals surface area (Å²) in [5, 5.41) is 1.30. The lowest BCUT2D eigenvalue weighted by Gasteiger charge is -2.38. The van der Waals surface area contributed by atoms with Gasteiger partial charge in [-0.1, -0.05) is 33.4 Å². The Hall–Kier alpha value is -1.58. The van der Waals surface area contributed by atoms with Crippen LogP contribution in [0.4, 0.5) is 9.59 Å². The van der Waals surface area contributed by atoms with Crippen molar-refractivity contribution in [2.75, 3.05) is 26.3 Å². The smallest absolute Gasteiger partial charge is 0.434 e. The van der Waals surface area contributed by atoms with E-state index in [1.165, 1.54) is 11.1 Å². The van der Waals surface area contributed by atoms with Crippen molar-refractivity contribution in [1.29, 1.82) is 0 Å². The van der Waals surface area contributed by atoms with E-state index in [1.54, 1.807) is 4.90 Å². The molecule has 2 fully saturated rings. The van der Waals surface area contributed by atoms with Gasteiger partial charge in [0.15, 0.2) is 8.32 Å². The SMILES string of the molecule is C=CCOC(=O)N1C[C@H]([C@@H]2C[C@@H](O[Si](C)(C)C(C)(C)C)CN2C(=O)OC(C)(C)C)CO1. The van der Waals surface area contributed by atoms with E-state index in [2.05, 4.69) is 40.4 Å². The van der Waals surface area contributed by atoms with Crippen LogP contribution in [-0.4, -0.2) is 74.5 Å². The first-order valence-electron chi connectivity index (χ1n) is 11.0. The zero-order valence-electron chi connectivity index (χ0n) is 20.4. The first-order chi connectivity index (χ1) is 14.1. The second kappa shape index (κ2) is 9.50. The summed E-state index contributed by atoms with van der Waals surface area (Å²) in [7, 11) is -2.00. The highest BCUT2D eigenvalue weighted by Crippen LogP contribution is 2.40. The molecule has 0 aromatic rings. The molecule has 2 aliphatic heterocycles. The highest BCUT2D eigenvalue weighted by Gasteiger charge is 2.48. The van der Waals surface area contributed by atoms with Gasteiger partial charge in [-0.25, -0.2) is 9.59 Å². The van der Waals surface area contributed by atoms with Gasteiger partial charge in [0.25, 0.3) is 0 Å². The molecule has 0 aromatic carbocycles. The lowest BCUT2D eigenvalue weighted by atomic mass is 9.98. The normalized spacial score (nSPS) is 25.0. The molecule has 9 heteroatoms. The van der Waals surface area contributed by atoms with Crippen LogP contribution in [0.3, 0.4) is 0 Å². The molecule has 0 radical (unpaired) electrons.